The summed E-state index contributed by atoms with van der Waals surface area (Å²) in [5.74, 6) is -1.57. The van der Waals surface area contributed by atoms with Gasteiger partial charge in [0.05, 0.1) is 18.2 Å². The van der Waals surface area contributed by atoms with Crippen LogP contribution < -0.4 is 0 Å². The smallest absolute Gasteiger partial charge is 0.313 e. The van der Waals surface area contributed by atoms with Crippen molar-refractivity contribution in [3.05, 3.63) is 24.3 Å². The summed E-state index contributed by atoms with van der Waals surface area (Å²) in [6.07, 6.45) is 6.12. The van der Waals surface area contributed by atoms with E-state index >= 15 is 0 Å². The molecule has 5 heteroatoms. The lowest BCUT2D eigenvalue weighted by molar-refractivity contribution is -0.145. The molecule has 1 aliphatic carbocycles. The van der Waals surface area contributed by atoms with Crippen molar-refractivity contribution in [2.75, 3.05) is 6.61 Å². The Morgan fingerprint density at radius 1 is 1.50 bits per heavy atom. The minimum atomic E-state index is -0.667. The quantitative estimate of drug-likeness (QED) is 0.335. The van der Waals surface area contributed by atoms with Gasteiger partial charge in [0, 0.05) is 0 Å². The Bertz CT molecular complexity index is 368. The molecule has 1 unspecified atom stereocenters. The van der Waals surface area contributed by atoms with E-state index in [1.165, 1.54) is 6.08 Å². The number of oxime groups is 1. The molecule has 0 aromatic carbocycles. The summed E-state index contributed by atoms with van der Waals surface area (Å²) < 4.78 is 4.67. The molecule has 1 N–H and O–H groups in total. The number of carbonyl (C=O) groups excluding carboxylic acids is 2. The molecule has 86 valence electrons. The molecular weight excluding hydrogens is 210 g/mol. The predicted octanol–water partition coefficient (Wildman–Crippen LogP) is 1.08. The van der Waals surface area contributed by atoms with Crippen LogP contribution in [0.2, 0.25) is 0 Å². The summed E-state index contributed by atoms with van der Waals surface area (Å²) in [7, 11) is 0. The van der Waals surface area contributed by atoms with Gasteiger partial charge in [-0.25, -0.2) is 0 Å². The molecule has 16 heavy (non-hydrogen) atoms. The maximum absolute atomic E-state index is 11.7. The summed E-state index contributed by atoms with van der Waals surface area (Å²) in [4.78, 5) is 22.8. The second kappa shape index (κ2) is 5.85. The molecule has 0 saturated heterocycles. The molecule has 0 aliphatic heterocycles. The topological polar surface area (TPSA) is 76.0 Å². The highest BCUT2D eigenvalue weighted by molar-refractivity contribution is 6.15. The highest BCUT2D eigenvalue weighted by Gasteiger charge is 2.24. The van der Waals surface area contributed by atoms with Crippen molar-refractivity contribution in [2.45, 2.75) is 13.3 Å². The molecule has 0 heterocycles. The molecule has 1 rings (SSSR count). The molecular formula is C11H13NO4. The van der Waals surface area contributed by atoms with Gasteiger partial charge in [-0.1, -0.05) is 23.4 Å². The van der Waals surface area contributed by atoms with Crippen LogP contribution in [0.15, 0.2) is 29.5 Å². The number of ether oxygens (including phenoxy) is 1. The van der Waals surface area contributed by atoms with Crippen molar-refractivity contribution in [1.82, 2.24) is 0 Å². The molecule has 0 radical (unpaired) electrons. The molecule has 0 aromatic heterocycles. The van der Waals surface area contributed by atoms with Crippen LogP contribution in [-0.4, -0.2) is 29.3 Å². The van der Waals surface area contributed by atoms with Crippen molar-refractivity contribution in [1.29, 1.82) is 0 Å². The van der Waals surface area contributed by atoms with Crippen LogP contribution in [0.5, 0.6) is 0 Å². The highest BCUT2D eigenvalue weighted by Crippen LogP contribution is 2.13. The fourth-order valence-corrected chi connectivity index (χ4v) is 1.36. The van der Waals surface area contributed by atoms with Crippen LogP contribution in [0, 0.1) is 5.92 Å². The maximum Gasteiger partial charge on any atom is 0.313 e. The second-order valence-corrected chi connectivity index (χ2v) is 3.19. The molecule has 1 aliphatic rings. The van der Waals surface area contributed by atoms with Crippen molar-refractivity contribution in [3.63, 3.8) is 0 Å². The van der Waals surface area contributed by atoms with Crippen molar-refractivity contribution < 1.29 is 19.5 Å². The van der Waals surface area contributed by atoms with Crippen LogP contribution in [0.1, 0.15) is 13.3 Å². The summed E-state index contributed by atoms with van der Waals surface area (Å²) in [6, 6.07) is 0. The fourth-order valence-electron chi connectivity index (χ4n) is 1.36. The van der Waals surface area contributed by atoms with Gasteiger partial charge in [0.2, 0.25) is 0 Å². The average molecular weight is 223 g/mol. The third-order valence-electron chi connectivity index (χ3n) is 2.09. The van der Waals surface area contributed by atoms with Crippen molar-refractivity contribution >= 4 is 17.5 Å². The minimum absolute atomic E-state index is 0.233. The summed E-state index contributed by atoms with van der Waals surface area (Å²) >= 11 is 0. The Morgan fingerprint density at radius 2 is 2.25 bits per heavy atom. The first-order valence-electron chi connectivity index (χ1n) is 4.94. The van der Waals surface area contributed by atoms with E-state index in [1.54, 1.807) is 25.2 Å². The van der Waals surface area contributed by atoms with Crippen LogP contribution >= 0.6 is 0 Å². The second-order valence-electron chi connectivity index (χ2n) is 3.19. The van der Waals surface area contributed by atoms with Crippen molar-refractivity contribution in [2.24, 2.45) is 11.1 Å². The Morgan fingerprint density at radius 3 is 2.88 bits per heavy atom. The lowest BCUT2D eigenvalue weighted by atomic mass is 9.92. The van der Waals surface area contributed by atoms with Gasteiger partial charge >= 0.3 is 5.97 Å². The largest absolute Gasteiger partial charge is 0.466 e. The van der Waals surface area contributed by atoms with E-state index in [1.807, 2.05) is 0 Å². The molecule has 0 bridgehead atoms. The zero-order valence-electron chi connectivity index (χ0n) is 8.92. The molecule has 5 nitrogen and oxygen atoms in total. The van der Waals surface area contributed by atoms with Crippen molar-refractivity contribution in [3.8, 4) is 0 Å². The normalized spacial score (nSPS) is 21.1. The standard InChI is InChI=1S/C11H13NO4/c1-2-16-11(14)7-10(13)8-5-3-4-6-9(8)12-15/h3-6,8,15H,2,7H2,1H3. The van der Waals surface area contributed by atoms with Gasteiger partial charge < -0.3 is 9.94 Å². The van der Waals surface area contributed by atoms with Crippen LogP contribution in [0.3, 0.4) is 0 Å². The number of allylic oxidation sites excluding steroid dienone is 4. The number of carbonyl (C=O) groups is 2. The van der Waals surface area contributed by atoms with Crippen LogP contribution in [0.4, 0.5) is 0 Å². The van der Waals surface area contributed by atoms with Gasteiger partial charge in [-0.3, -0.25) is 9.59 Å². The van der Waals surface area contributed by atoms with E-state index in [2.05, 4.69) is 9.89 Å². The number of Topliss-reactive ketones (excluding diaryl/α,β-unsaturated/α-hetero) is 1. The lowest BCUT2D eigenvalue weighted by Crippen LogP contribution is -2.25. The SMILES string of the molecule is CCOC(=O)CC(=O)C1C=CC=CC1=NO. The van der Waals surface area contributed by atoms with Gasteiger partial charge in [0.25, 0.3) is 0 Å². The minimum Gasteiger partial charge on any atom is -0.466 e. The van der Waals surface area contributed by atoms with Gasteiger partial charge in [-0.05, 0) is 13.0 Å². The Balaban J connectivity index is 2.63. The van der Waals surface area contributed by atoms with Crippen LogP contribution in [0.25, 0.3) is 0 Å². The Hall–Kier alpha value is -1.91. The Kier molecular flexibility index (Phi) is 4.44. The molecule has 0 fully saturated rings. The van der Waals surface area contributed by atoms with E-state index in [9.17, 15) is 9.59 Å². The monoisotopic (exact) mass is 223 g/mol. The number of hydrogen-bond acceptors (Lipinski definition) is 5. The first-order chi connectivity index (χ1) is 7.69. The molecule has 0 amide bonds. The maximum atomic E-state index is 11.7. The van der Waals surface area contributed by atoms with E-state index in [-0.39, 0.29) is 24.5 Å². The van der Waals surface area contributed by atoms with E-state index in [0.29, 0.717) is 0 Å². The average Bonchev–Trinajstić information content (AvgIpc) is 2.29. The van der Waals surface area contributed by atoms with E-state index < -0.39 is 11.9 Å². The van der Waals surface area contributed by atoms with Gasteiger partial charge in [0.1, 0.15) is 6.42 Å². The van der Waals surface area contributed by atoms with E-state index in [4.69, 9.17) is 5.21 Å². The first kappa shape index (κ1) is 12.2. The first-order valence-corrected chi connectivity index (χ1v) is 4.94. The van der Waals surface area contributed by atoms with Crippen LogP contribution in [-0.2, 0) is 14.3 Å². The molecule has 1 atom stereocenters. The lowest BCUT2D eigenvalue weighted by Gasteiger charge is -2.12. The summed E-state index contributed by atoms with van der Waals surface area (Å²) in [5.41, 5.74) is 0.233. The van der Waals surface area contributed by atoms with Gasteiger partial charge in [0.15, 0.2) is 5.78 Å². The number of rotatable bonds is 4. The number of nitrogens with zero attached hydrogens (tertiary/aromatic N) is 1. The molecule has 0 saturated carbocycles. The third kappa shape index (κ3) is 3.05. The number of esters is 1. The molecule has 0 spiro atoms. The molecule has 0 aromatic rings. The fraction of sp³-hybridized carbons (Fsp3) is 0.364. The predicted molar refractivity (Wildman–Crippen MR) is 57.2 cm³/mol. The zero-order chi connectivity index (χ0) is 12.0. The van der Waals surface area contributed by atoms with Gasteiger partial charge in [-0.15, -0.1) is 0 Å². The highest BCUT2D eigenvalue weighted by atomic mass is 16.5. The third-order valence-corrected chi connectivity index (χ3v) is 2.09. The zero-order valence-corrected chi connectivity index (χ0v) is 8.92. The number of hydrogen-bond donors (Lipinski definition) is 1. The van der Waals surface area contributed by atoms with E-state index in [0.717, 1.165) is 0 Å². The summed E-state index contributed by atoms with van der Waals surface area (Å²) in [6.45, 7) is 1.92. The number of ketones is 1. The summed E-state index contributed by atoms with van der Waals surface area (Å²) in [5, 5.41) is 11.7. The van der Waals surface area contributed by atoms with Gasteiger partial charge in [-0.2, -0.15) is 0 Å². The Labute approximate surface area is 93.1 Å².